The minimum Gasteiger partial charge on any atom is -0.398 e. The van der Waals surface area contributed by atoms with Gasteiger partial charge in [-0.3, -0.25) is 0 Å². The van der Waals surface area contributed by atoms with E-state index in [1.165, 1.54) is 0 Å². The fourth-order valence-electron chi connectivity index (χ4n) is 1.20. The Bertz CT molecular complexity index is 424. The molecule has 14 heavy (non-hydrogen) atoms. The van der Waals surface area contributed by atoms with Crippen LogP contribution in [0.3, 0.4) is 0 Å². The summed E-state index contributed by atoms with van der Waals surface area (Å²) in [5, 5.41) is 8.21. The van der Waals surface area contributed by atoms with E-state index in [1.54, 1.807) is 23.1 Å². The first kappa shape index (κ1) is 9.02. The topological polar surface area (TPSA) is 56.7 Å². The molecule has 0 spiro atoms. The lowest BCUT2D eigenvalue weighted by Gasteiger charge is -2.05. The maximum Gasteiger partial charge on any atom is 0.0697 e. The van der Waals surface area contributed by atoms with Crippen molar-refractivity contribution in [2.75, 3.05) is 5.73 Å². The number of rotatable bonds is 2. The summed E-state index contributed by atoms with van der Waals surface area (Å²) in [6.07, 6.45) is 3.42. The van der Waals surface area contributed by atoms with Gasteiger partial charge in [-0.05, 0) is 17.7 Å². The van der Waals surface area contributed by atoms with Gasteiger partial charge < -0.3 is 5.73 Å². The van der Waals surface area contributed by atoms with Gasteiger partial charge in [-0.25, -0.2) is 4.68 Å². The molecule has 0 radical (unpaired) electrons. The first-order chi connectivity index (χ1) is 6.75. The second-order valence-electron chi connectivity index (χ2n) is 2.94. The second-order valence-corrected chi connectivity index (χ2v) is 3.38. The highest BCUT2D eigenvalue weighted by Crippen LogP contribution is 2.18. The molecular formula is C9H9ClN4. The molecule has 0 fully saturated rings. The van der Waals surface area contributed by atoms with Crippen LogP contribution in [0.25, 0.3) is 0 Å². The molecule has 1 heterocycles. The third-order valence-corrected chi connectivity index (χ3v) is 2.15. The second kappa shape index (κ2) is 3.67. The van der Waals surface area contributed by atoms with Crippen LogP contribution in [0.15, 0.2) is 30.6 Å². The largest absolute Gasteiger partial charge is 0.398 e. The minimum atomic E-state index is 0.614. The molecule has 1 aromatic heterocycles. The molecule has 1 aromatic carbocycles. The molecular weight excluding hydrogens is 200 g/mol. The van der Waals surface area contributed by atoms with Crippen molar-refractivity contribution >= 4 is 17.3 Å². The molecule has 0 aliphatic heterocycles. The number of halogens is 1. The molecule has 0 atom stereocenters. The molecule has 2 N–H and O–H groups in total. The predicted octanol–water partition coefficient (Wildman–Crippen LogP) is 1.56. The van der Waals surface area contributed by atoms with Gasteiger partial charge in [0.1, 0.15) is 0 Å². The lowest BCUT2D eigenvalue weighted by Crippen LogP contribution is -2.03. The van der Waals surface area contributed by atoms with Crippen molar-refractivity contribution in [1.82, 2.24) is 15.0 Å². The summed E-state index contributed by atoms with van der Waals surface area (Å²) in [5.41, 5.74) is 7.45. The molecule has 5 heteroatoms. The highest BCUT2D eigenvalue weighted by Gasteiger charge is 2.01. The minimum absolute atomic E-state index is 0.614. The molecule has 0 amide bonds. The summed E-state index contributed by atoms with van der Waals surface area (Å²) in [5.74, 6) is 0. The Morgan fingerprint density at radius 1 is 1.43 bits per heavy atom. The van der Waals surface area contributed by atoms with E-state index in [1.807, 2.05) is 12.1 Å². The first-order valence-corrected chi connectivity index (χ1v) is 4.51. The average Bonchev–Trinajstić information content (AvgIpc) is 2.62. The van der Waals surface area contributed by atoms with Gasteiger partial charge in [0, 0.05) is 16.9 Å². The Hall–Kier alpha value is -1.55. The normalized spacial score (nSPS) is 10.4. The summed E-state index contributed by atoms with van der Waals surface area (Å²) in [7, 11) is 0. The predicted molar refractivity (Wildman–Crippen MR) is 55.0 cm³/mol. The highest BCUT2D eigenvalue weighted by molar-refractivity contribution is 6.30. The van der Waals surface area contributed by atoms with Crippen molar-refractivity contribution in [1.29, 1.82) is 0 Å². The molecule has 0 saturated carbocycles. The zero-order chi connectivity index (χ0) is 9.97. The standard InChI is InChI=1S/C9H9ClN4/c10-8-2-1-7(9(11)5-8)6-14-4-3-12-13-14/h1-5H,6,11H2. The summed E-state index contributed by atoms with van der Waals surface area (Å²) in [6.45, 7) is 0.614. The number of nitrogen functional groups attached to an aromatic ring is 1. The van der Waals surface area contributed by atoms with Crippen molar-refractivity contribution in [3.63, 3.8) is 0 Å². The molecule has 0 unspecified atom stereocenters. The van der Waals surface area contributed by atoms with Crippen LogP contribution in [0.2, 0.25) is 5.02 Å². The van der Waals surface area contributed by atoms with E-state index in [4.69, 9.17) is 17.3 Å². The summed E-state index contributed by atoms with van der Waals surface area (Å²) in [6, 6.07) is 5.43. The molecule has 4 nitrogen and oxygen atoms in total. The number of nitrogens with zero attached hydrogens (tertiary/aromatic N) is 3. The van der Waals surface area contributed by atoms with Crippen LogP contribution in [0.4, 0.5) is 5.69 Å². The van der Waals surface area contributed by atoms with Crippen molar-refractivity contribution < 1.29 is 0 Å². The van der Waals surface area contributed by atoms with Gasteiger partial charge in [0.25, 0.3) is 0 Å². The monoisotopic (exact) mass is 208 g/mol. The lowest BCUT2D eigenvalue weighted by atomic mass is 10.2. The summed E-state index contributed by atoms with van der Waals surface area (Å²) in [4.78, 5) is 0. The highest BCUT2D eigenvalue weighted by atomic mass is 35.5. The first-order valence-electron chi connectivity index (χ1n) is 4.14. The number of nitrogens with two attached hydrogens (primary N) is 1. The third-order valence-electron chi connectivity index (χ3n) is 1.91. The van der Waals surface area contributed by atoms with Gasteiger partial charge in [0.2, 0.25) is 0 Å². The molecule has 0 bridgehead atoms. The van der Waals surface area contributed by atoms with Gasteiger partial charge in [-0.15, -0.1) is 5.10 Å². The van der Waals surface area contributed by atoms with Crippen LogP contribution in [0.1, 0.15) is 5.56 Å². The Labute approximate surface area is 86.3 Å². The lowest BCUT2D eigenvalue weighted by molar-refractivity contribution is 0.651. The van der Waals surface area contributed by atoms with Gasteiger partial charge in [0.05, 0.1) is 12.7 Å². The number of anilines is 1. The maximum absolute atomic E-state index is 5.79. The smallest absolute Gasteiger partial charge is 0.0697 e. The average molecular weight is 209 g/mol. The van der Waals surface area contributed by atoms with Gasteiger partial charge in [-0.2, -0.15) is 0 Å². The summed E-state index contributed by atoms with van der Waals surface area (Å²) < 4.78 is 1.71. The zero-order valence-corrected chi connectivity index (χ0v) is 8.15. The van der Waals surface area contributed by atoms with Crippen LogP contribution in [0.5, 0.6) is 0 Å². The third kappa shape index (κ3) is 1.85. The van der Waals surface area contributed by atoms with Crippen LogP contribution >= 0.6 is 11.6 Å². The van der Waals surface area contributed by atoms with E-state index in [0.717, 1.165) is 5.56 Å². The van der Waals surface area contributed by atoms with Crippen LogP contribution in [-0.2, 0) is 6.54 Å². The van der Waals surface area contributed by atoms with E-state index in [0.29, 0.717) is 17.3 Å². The Morgan fingerprint density at radius 3 is 2.93 bits per heavy atom. The molecule has 72 valence electrons. The van der Waals surface area contributed by atoms with E-state index >= 15 is 0 Å². The van der Waals surface area contributed by atoms with E-state index in [9.17, 15) is 0 Å². The molecule has 2 aromatic rings. The van der Waals surface area contributed by atoms with Crippen molar-refractivity contribution in [3.05, 3.63) is 41.2 Å². The number of hydrogen-bond donors (Lipinski definition) is 1. The molecule has 0 aliphatic carbocycles. The van der Waals surface area contributed by atoms with Gasteiger partial charge in [-0.1, -0.05) is 22.9 Å². The van der Waals surface area contributed by atoms with Gasteiger partial charge >= 0.3 is 0 Å². The van der Waals surface area contributed by atoms with E-state index in [2.05, 4.69) is 10.3 Å². The van der Waals surface area contributed by atoms with E-state index < -0.39 is 0 Å². The SMILES string of the molecule is Nc1cc(Cl)ccc1Cn1ccnn1. The fraction of sp³-hybridized carbons (Fsp3) is 0.111. The van der Waals surface area contributed by atoms with Crippen LogP contribution in [-0.4, -0.2) is 15.0 Å². The number of benzene rings is 1. The zero-order valence-electron chi connectivity index (χ0n) is 7.39. The summed E-state index contributed by atoms with van der Waals surface area (Å²) >= 11 is 5.78. The molecule has 2 rings (SSSR count). The van der Waals surface area contributed by atoms with Crippen molar-refractivity contribution in [3.8, 4) is 0 Å². The fourth-order valence-corrected chi connectivity index (χ4v) is 1.38. The Balaban J connectivity index is 2.25. The van der Waals surface area contributed by atoms with E-state index in [-0.39, 0.29) is 0 Å². The molecule has 0 aliphatic rings. The number of hydrogen-bond acceptors (Lipinski definition) is 3. The van der Waals surface area contributed by atoms with Crippen molar-refractivity contribution in [2.24, 2.45) is 0 Å². The Morgan fingerprint density at radius 2 is 2.29 bits per heavy atom. The maximum atomic E-state index is 5.79. The van der Waals surface area contributed by atoms with Crippen LogP contribution < -0.4 is 5.73 Å². The van der Waals surface area contributed by atoms with Crippen LogP contribution in [0, 0.1) is 0 Å². The number of aromatic nitrogens is 3. The molecule has 0 saturated heterocycles. The van der Waals surface area contributed by atoms with Gasteiger partial charge in [0.15, 0.2) is 0 Å². The Kier molecular flexibility index (Phi) is 2.37. The quantitative estimate of drug-likeness (QED) is 0.763. The van der Waals surface area contributed by atoms with Crippen molar-refractivity contribution in [2.45, 2.75) is 6.54 Å².